The fourth-order valence-corrected chi connectivity index (χ4v) is 0.761. The number of ether oxygens (including phenoxy) is 4. The first-order valence-electron chi connectivity index (χ1n) is 4.90. The molecule has 0 aliphatic rings. The number of carbonyl (C=O) groups excluding carboxylic acids is 1. The third-order valence-electron chi connectivity index (χ3n) is 1.70. The van der Waals surface area contributed by atoms with Crippen LogP contribution in [0.4, 0.5) is 4.79 Å². The summed E-state index contributed by atoms with van der Waals surface area (Å²) in [6.45, 7) is 0.738. The number of hydrogen-bond acceptors (Lipinski definition) is 6. The molecule has 0 aliphatic carbocycles. The van der Waals surface area contributed by atoms with Crippen molar-refractivity contribution in [3.63, 3.8) is 0 Å². The van der Waals surface area contributed by atoms with Crippen LogP contribution in [0.5, 0.6) is 0 Å². The summed E-state index contributed by atoms with van der Waals surface area (Å²) in [4.78, 5) is 9.80. The van der Waals surface area contributed by atoms with Crippen molar-refractivity contribution in [2.24, 2.45) is 0 Å². The lowest BCUT2D eigenvalue weighted by atomic mass is 10.6. The van der Waals surface area contributed by atoms with Gasteiger partial charge < -0.3 is 39.9 Å². The van der Waals surface area contributed by atoms with E-state index < -0.39 is 12.4 Å². The number of amides is 1. The Kier molecular flexibility index (Phi) is 14.2. The minimum Gasteiger partial charge on any atom is -0.530 e. The summed E-state index contributed by atoms with van der Waals surface area (Å²) >= 11 is 0. The van der Waals surface area contributed by atoms with Gasteiger partial charge in [-0.3, -0.25) is 0 Å². The molecule has 0 saturated carbocycles. The summed E-state index contributed by atoms with van der Waals surface area (Å²) in [5.74, 6) is 0. The molecule has 8 nitrogen and oxygen atoms in total. The number of rotatable bonds is 7. The van der Waals surface area contributed by atoms with Gasteiger partial charge in [-0.15, -0.1) is 0 Å². The minimum absolute atomic E-state index is 0.0787. The summed E-state index contributed by atoms with van der Waals surface area (Å²) in [6.07, 6.45) is -2.00. The maximum absolute atomic E-state index is 9.80. The zero-order chi connectivity index (χ0) is 13.7. The molecule has 1 amide bonds. The molecule has 0 unspecified atom stereocenters. The Hall–Kier alpha value is -0.930. The Morgan fingerprint density at radius 2 is 1.53 bits per heavy atom. The second-order valence-electron chi connectivity index (χ2n) is 2.76. The van der Waals surface area contributed by atoms with E-state index >= 15 is 0 Å². The summed E-state index contributed by atoms with van der Waals surface area (Å²) in [6, 6.07) is 0. The first-order valence-corrected chi connectivity index (χ1v) is 4.90. The summed E-state index contributed by atoms with van der Waals surface area (Å²) in [7, 11) is 6.04. The molecule has 0 aromatic rings. The third-order valence-corrected chi connectivity index (χ3v) is 1.70. The van der Waals surface area contributed by atoms with Crippen LogP contribution in [0.1, 0.15) is 0 Å². The Bertz CT molecular complexity index is 167. The van der Waals surface area contributed by atoms with E-state index in [9.17, 15) is 9.90 Å². The number of nitrogens with one attached hydrogen (secondary N) is 1. The van der Waals surface area contributed by atoms with Crippen molar-refractivity contribution in [1.29, 1.82) is 0 Å². The number of hydrogen-bond donors (Lipinski definition) is 2. The molecule has 0 aromatic carbocycles. The van der Waals surface area contributed by atoms with Gasteiger partial charge in [-0.2, -0.15) is 0 Å². The highest BCUT2D eigenvalue weighted by Gasteiger charge is 2.02. The molecule has 8 heteroatoms. The summed E-state index contributed by atoms with van der Waals surface area (Å²) < 4.78 is 18.9. The molecule has 0 aliphatic heterocycles. The molecule has 4 N–H and O–H groups in total. The maximum atomic E-state index is 9.80. The van der Waals surface area contributed by atoms with E-state index in [1.165, 1.54) is 14.2 Å². The highest BCUT2D eigenvalue weighted by atomic mass is 16.7. The lowest BCUT2D eigenvalue weighted by Gasteiger charge is -2.14. The van der Waals surface area contributed by atoms with E-state index in [-0.39, 0.29) is 12.8 Å². The largest absolute Gasteiger partial charge is 0.530 e. The smallest absolute Gasteiger partial charge is 0.206 e. The molecular weight excluding hydrogens is 232 g/mol. The van der Waals surface area contributed by atoms with Gasteiger partial charge in [0, 0.05) is 28.4 Å². The van der Waals surface area contributed by atoms with Crippen LogP contribution in [0.2, 0.25) is 0 Å². The molecule has 104 valence electrons. The van der Waals surface area contributed by atoms with Crippen LogP contribution in [0.15, 0.2) is 0 Å². The predicted molar refractivity (Wildman–Crippen MR) is 56.8 cm³/mol. The molecule has 0 fully saturated rings. The van der Waals surface area contributed by atoms with Gasteiger partial charge in [-0.25, -0.2) is 0 Å². The number of carboxylic acid groups (broad SMARTS) is 1. The molecule has 0 radical (unpaired) electrons. The van der Waals surface area contributed by atoms with E-state index in [0.717, 1.165) is 0 Å². The van der Waals surface area contributed by atoms with Gasteiger partial charge >= 0.3 is 0 Å². The van der Waals surface area contributed by atoms with Crippen molar-refractivity contribution in [2.45, 2.75) is 12.6 Å². The van der Waals surface area contributed by atoms with Gasteiger partial charge in [0.05, 0.1) is 6.54 Å². The molecule has 17 heavy (non-hydrogen) atoms. The summed E-state index contributed by atoms with van der Waals surface area (Å²) in [5.41, 5.74) is 3.58. The van der Waals surface area contributed by atoms with Crippen LogP contribution in [0.3, 0.4) is 0 Å². The number of methoxy groups -OCH3 is 4. The van der Waals surface area contributed by atoms with Crippen molar-refractivity contribution < 1.29 is 34.6 Å². The van der Waals surface area contributed by atoms with E-state index in [4.69, 9.17) is 9.47 Å². The van der Waals surface area contributed by atoms with Crippen LogP contribution in [0, 0.1) is 0 Å². The quantitative estimate of drug-likeness (QED) is 0.481. The highest BCUT2D eigenvalue weighted by molar-refractivity contribution is 5.61. The van der Waals surface area contributed by atoms with E-state index in [1.54, 1.807) is 14.2 Å². The van der Waals surface area contributed by atoms with Gasteiger partial charge in [0.25, 0.3) is 0 Å². The molecule has 0 atom stereocenters. The standard InChI is InChI=1S/C5H11NO4.C4H11NO2/c1-9-4(10-2)3-6-5(7)8;1-6-4(3-5)7-2/h4,6H,3H2,1-2H3,(H,7,8);4H,3,5H2,1-2H3. The Morgan fingerprint density at radius 3 is 1.71 bits per heavy atom. The van der Waals surface area contributed by atoms with Gasteiger partial charge in [-0.1, -0.05) is 0 Å². The predicted octanol–water partition coefficient (Wildman–Crippen LogP) is -2.61. The first kappa shape index (κ1) is 18.4. The van der Waals surface area contributed by atoms with Crippen molar-refractivity contribution in [1.82, 2.24) is 5.32 Å². The van der Waals surface area contributed by atoms with Crippen LogP contribution in [-0.2, 0) is 18.9 Å². The fraction of sp³-hybridized carbons (Fsp3) is 0.889. The van der Waals surface area contributed by atoms with Crippen LogP contribution in [-0.4, -0.2) is 60.2 Å². The highest BCUT2D eigenvalue weighted by Crippen LogP contribution is 1.86. The number of carbonyl (C=O) groups is 1. The van der Waals surface area contributed by atoms with Crippen molar-refractivity contribution in [3.8, 4) is 0 Å². The molecule has 0 aromatic heterocycles. The first-order chi connectivity index (χ1) is 8.05. The van der Waals surface area contributed by atoms with E-state index in [1.807, 2.05) is 5.32 Å². The topological polar surface area (TPSA) is 117 Å². The van der Waals surface area contributed by atoms with E-state index in [0.29, 0.717) is 6.54 Å². The summed E-state index contributed by atoms with van der Waals surface area (Å²) in [5, 5.41) is 11.8. The lowest BCUT2D eigenvalue weighted by Crippen LogP contribution is -2.56. The average molecular weight is 254 g/mol. The Labute approximate surface area is 101 Å². The lowest BCUT2D eigenvalue weighted by molar-refractivity contribution is -0.406. The van der Waals surface area contributed by atoms with E-state index in [2.05, 4.69) is 15.2 Å². The SMILES string of the molecule is COC(CNC(=O)[O-])OC.COC(C[NH3+])OC. The van der Waals surface area contributed by atoms with Gasteiger partial charge in [0.2, 0.25) is 6.29 Å². The molecule has 0 bridgehead atoms. The third kappa shape index (κ3) is 13.0. The Balaban J connectivity index is 0. The van der Waals surface area contributed by atoms with Crippen molar-refractivity contribution in [3.05, 3.63) is 0 Å². The second-order valence-corrected chi connectivity index (χ2v) is 2.76. The molecule has 0 rings (SSSR count). The average Bonchev–Trinajstić information content (AvgIpc) is 2.33. The molecule has 0 saturated heterocycles. The van der Waals surface area contributed by atoms with Gasteiger partial charge in [0.1, 0.15) is 12.6 Å². The van der Waals surface area contributed by atoms with Gasteiger partial charge in [0.15, 0.2) is 6.29 Å². The zero-order valence-corrected chi connectivity index (χ0v) is 10.7. The fourth-order valence-electron chi connectivity index (χ4n) is 0.761. The number of quaternary nitrogens is 1. The zero-order valence-electron chi connectivity index (χ0n) is 10.7. The maximum Gasteiger partial charge on any atom is 0.206 e. The van der Waals surface area contributed by atoms with Crippen molar-refractivity contribution in [2.75, 3.05) is 41.5 Å². The monoisotopic (exact) mass is 254 g/mol. The molecule has 0 spiro atoms. The van der Waals surface area contributed by atoms with Crippen LogP contribution < -0.4 is 16.2 Å². The molecular formula is C9H22N2O6. The van der Waals surface area contributed by atoms with Crippen LogP contribution >= 0.6 is 0 Å². The second kappa shape index (κ2) is 13.1. The van der Waals surface area contributed by atoms with Crippen LogP contribution in [0.25, 0.3) is 0 Å². The van der Waals surface area contributed by atoms with Crippen molar-refractivity contribution >= 4 is 6.09 Å². The normalized spacial score (nSPS) is 10.1. The Morgan fingerprint density at radius 1 is 1.12 bits per heavy atom. The molecule has 0 heterocycles. The minimum atomic E-state index is -1.33. The van der Waals surface area contributed by atoms with Gasteiger partial charge in [-0.05, 0) is 0 Å².